The number of urea groups is 1. The van der Waals surface area contributed by atoms with Gasteiger partial charge in [-0.1, -0.05) is 12.1 Å². The molecule has 2 aromatic carbocycles. The number of H-pyrrole nitrogens is 1. The number of nitrogens with zero attached hydrogens (tertiary/aromatic N) is 2. The standard InChI is InChI=1S/C22H17F3N6O/c23-22(24,25)14-4-1-5-15(12-14)29-21(32)30-17-7-2-6-16(13-17)28-20-27-11-9-19(31-20)18-8-3-10-26-18/h1-13,26H,(H,27,28,31)(H2,29,30,32). The van der Waals surface area contributed by atoms with E-state index in [1.54, 1.807) is 42.7 Å². The fourth-order valence-corrected chi connectivity index (χ4v) is 2.93. The van der Waals surface area contributed by atoms with Crippen LogP contribution in [0.1, 0.15) is 5.56 Å². The third kappa shape index (κ3) is 5.22. The third-order valence-electron chi connectivity index (χ3n) is 4.35. The van der Waals surface area contributed by atoms with Crippen LogP contribution >= 0.6 is 0 Å². The highest BCUT2D eigenvalue weighted by Crippen LogP contribution is 2.30. The average molecular weight is 438 g/mol. The number of amides is 2. The third-order valence-corrected chi connectivity index (χ3v) is 4.35. The van der Waals surface area contributed by atoms with Crippen LogP contribution in [0.2, 0.25) is 0 Å². The summed E-state index contributed by atoms with van der Waals surface area (Å²) < 4.78 is 38.5. The van der Waals surface area contributed by atoms with Gasteiger partial charge in [-0.15, -0.1) is 0 Å². The molecule has 0 aliphatic carbocycles. The first-order valence-corrected chi connectivity index (χ1v) is 9.46. The van der Waals surface area contributed by atoms with Gasteiger partial charge in [-0.3, -0.25) is 0 Å². The van der Waals surface area contributed by atoms with Crippen molar-refractivity contribution in [2.24, 2.45) is 0 Å². The second-order valence-electron chi connectivity index (χ2n) is 6.71. The van der Waals surface area contributed by atoms with Gasteiger partial charge in [0.05, 0.1) is 17.0 Å². The van der Waals surface area contributed by atoms with Crippen molar-refractivity contribution in [2.75, 3.05) is 16.0 Å². The molecule has 4 N–H and O–H groups in total. The van der Waals surface area contributed by atoms with Gasteiger partial charge < -0.3 is 20.9 Å². The van der Waals surface area contributed by atoms with E-state index < -0.39 is 17.8 Å². The number of benzene rings is 2. The highest BCUT2D eigenvalue weighted by molar-refractivity contribution is 6.00. The number of rotatable bonds is 5. The zero-order valence-corrected chi connectivity index (χ0v) is 16.4. The van der Waals surface area contributed by atoms with Crippen LogP contribution < -0.4 is 16.0 Å². The summed E-state index contributed by atoms with van der Waals surface area (Å²) >= 11 is 0. The summed E-state index contributed by atoms with van der Waals surface area (Å²) in [5, 5.41) is 8.05. The van der Waals surface area contributed by atoms with Gasteiger partial charge in [-0.2, -0.15) is 13.2 Å². The molecule has 2 aromatic heterocycles. The summed E-state index contributed by atoms with van der Waals surface area (Å²) in [5.41, 5.74) is 1.79. The minimum absolute atomic E-state index is 0.0288. The average Bonchev–Trinajstić information content (AvgIpc) is 3.29. The van der Waals surface area contributed by atoms with E-state index in [1.807, 2.05) is 12.1 Å². The Hall–Kier alpha value is -4.34. The van der Waals surface area contributed by atoms with Crippen molar-refractivity contribution in [3.8, 4) is 11.4 Å². The normalized spacial score (nSPS) is 11.1. The summed E-state index contributed by atoms with van der Waals surface area (Å²) in [6.45, 7) is 0. The first-order valence-electron chi connectivity index (χ1n) is 9.46. The van der Waals surface area contributed by atoms with Gasteiger partial charge in [-0.05, 0) is 54.6 Å². The first kappa shape index (κ1) is 20.9. The molecule has 0 atom stereocenters. The lowest BCUT2D eigenvalue weighted by Gasteiger charge is -2.12. The lowest BCUT2D eigenvalue weighted by atomic mass is 10.2. The number of carbonyl (C=O) groups excluding carboxylic acids is 1. The number of hydrogen-bond donors (Lipinski definition) is 4. The van der Waals surface area contributed by atoms with Crippen molar-refractivity contribution in [3.05, 3.63) is 84.7 Å². The predicted molar refractivity (Wildman–Crippen MR) is 116 cm³/mol. The zero-order valence-electron chi connectivity index (χ0n) is 16.4. The molecule has 7 nitrogen and oxygen atoms in total. The highest BCUT2D eigenvalue weighted by atomic mass is 19.4. The molecular weight excluding hydrogens is 421 g/mol. The van der Waals surface area contributed by atoms with Crippen molar-refractivity contribution in [1.29, 1.82) is 0 Å². The van der Waals surface area contributed by atoms with Crippen LogP contribution in [-0.2, 0) is 6.18 Å². The number of anilines is 4. The van der Waals surface area contributed by atoms with Crippen LogP contribution in [0, 0.1) is 0 Å². The van der Waals surface area contributed by atoms with Crippen molar-refractivity contribution in [1.82, 2.24) is 15.0 Å². The largest absolute Gasteiger partial charge is 0.416 e. The Morgan fingerprint density at radius 2 is 1.59 bits per heavy atom. The number of aromatic amines is 1. The Balaban J connectivity index is 1.42. The lowest BCUT2D eigenvalue weighted by molar-refractivity contribution is -0.137. The Labute approximate surface area is 180 Å². The Morgan fingerprint density at radius 3 is 2.31 bits per heavy atom. The molecule has 162 valence electrons. The van der Waals surface area contributed by atoms with E-state index in [2.05, 4.69) is 30.9 Å². The number of alkyl halides is 3. The molecule has 0 fully saturated rings. The Morgan fingerprint density at radius 1 is 0.875 bits per heavy atom. The van der Waals surface area contributed by atoms with Gasteiger partial charge in [-0.25, -0.2) is 14.8 Å². The molecule has 0 saturated heterocycles. The van der Waals surface area contributed by atoms with E-state index in [1.165, 1.54) is 12.1 Å². The van der Waals surface area contributed by atoms with Gasteiger partial charge in [0, 0.05) is 29.5 Å². The molecule has 10 heteroatoms. The number of nitrogens with one attached hydrogen (secondary N) is 4. The summed E-state index contributed by atoms with van der Waals surface area (Å²) in [7, 11) is 0. The molecule has 0 unspecified atom stereocenters. The number of carbonyl (C=O) groups is 1. The monoisotopic (exact) mass is 438 g/mol. The zero-order chi connectivity index (χ0) is 22.6. The fourth-order valence-electron chi connectivity index (χ4n) is 2.93. The van der Waals surface area contributed by atoms with Gasteiger partial charge in [0.15, 0.2) is 0 Å². The summed E-state index contributed by atoms with van der Waals surface area (Å²) in [4.78, 5) is 23.9. The second-order valence-corrected chi connectivity index (χ2v) is 6.71. The quantitative estimate of drug-likeness (QED) is 0.313. The minimum Gasteiger partial charge on any atom is -0.360 e. The predicted octanol–water partition coefficient (Wildman–Crippen LogP) is 5.88. The number of aromatic nitrogens is 3. The van der Waals surface area contributed by atoms with Crippen LogP contribution in [0.5, 0.6) is 0 Å². The summed E-state index contributed by atoms with van der Waals surface area (Å²) in [5.74, 6) is 0.364. The molecule has 2 amide bonds. The SMILES string of the molecule is O=C(Nc1cccc(Nc2nccc(-c3ccc[nH]3)n2)c1)Nc1cccc(C(F)(F)F)c1. The maximum Gasteiger partial charge on any atom is 0.416 e. The summed E-state index contributed by atoms with van der Waals surface area (Å²) in [6.07, 6.45) is -1.07. The minimum atomic E-state index is -4.49. The second kappa shape index (κ2) is 8.80. The molecule has 0 aliphatic rings. The van der Waals surface area contributed by atoms with E-state index in [0.717, 1.165) is 17.8 Å². The van der Waals surface area contributed by atoms with E-state index >= 15 is 0 Å². The van der Waals surface area contributed by atoms with E-state index in [0.29, 0.717) is 23.0 Å². The molecule has 2 heterocycles. The molecule has 32 heavy (non-hydrogen) atoms. The Bertz CT molecular complexity index is 1220. The number of hydrogen-bond acceptors (Lipinski definition) is 4. The number of halogens is 3. The van der Waals surface area contributed by atoms with Crippen LogP contribution in [0.4, 0.5) is 41.0 Å². The van der Waals surface area contributed by atoms with E-state index in [9.17, 15) is 18.0 Å². The molecule has 0 saturated carbocycles. The molecule has 0 radical (unpaired) electrons. The molecule has 0 aliphatic heterocycles. The van der Waals surface area contributed by atoms with Gasteiger partial charge in [0.2, 0.25) is 5.95 Å². The topological polar surface area (TPSA) is 94.7 Å². The molecule has 4 rings (SSSR count). The van der Waals surface area contributed by atoms with Crippen LogP contribution in [0.25, 0.3) is 11.4 Å². The lowest BCUT2D eigenvalue weighted by Crippen LogP contribution is -2.19. The van der Waals surface area contributed by atoms with E-state index in [-0.39, 0.29) is 5.69 Å². The molecule has 0 bridgehead atoms. The van der Waals surface area contributed by atoms with Crippen LogP contribution in [0.3, 0.4) is 0 Å². The van der Waals surface area contributed by atoms with E-state index in [4.69, 9.17) is 0 Å². The van der Waals surface area contributed by atoms with Crippen molar-refractivity contribution in [3.63, 3.8) is 0 Å². The highest BCUT2D eigenvalue weighted by Gasteiger charge is 2.30. The molecular formula is C22H17F3N6O. The van der Waals surface area contributed by atoms with Gasteiger partial charge >= 0.3 is 12.2 Å². The van der Waals surface area contributed by atoms with Crippen molar-refractivity contribution < 1.29 is 18.0 Å². The maximum absolute atomic E-state index is 12.8. The van der Waals surface area contributed by atoms with Gasteiger partial charge in [0.25, 0.3) is 0 Å². The fraction of sp³-hybridized carbons (Fsp3) is 0.0455. The molecule has 0 spiro atoms. The maximum atomic E-state index is 12.8. The summed E-state index contributed by atoms with van der Waals surface area (Å²) in [6, 6.07) is 16.0. The smallest absolute Gasteiger partial charge is 0.360 e. The van der Waals surface area contributed by atoms with Crippen molar-refractivity contribution in [2.45, 2.75) is 6.18 Å². The van der Waals surface area contributed by atoms with Crippen molar-refractivity contribution >= 4 is 29.0 Å². The molecule has 4 aromatic rings. The van der Waals surface area contributed by atoms with Crippen LogP contribution in [0.15, 0.2) is 79.1 Å². The van der Waals surface area contributed by atoms with Gasteiger partial charge in [0.1, 0.15) is 0 Å². The Kier molecular flexibility index (Phi) is 5.75. The first-order chi connectivity index (χ1) is 15.4. The van der Waals surface area contributed by atoms with Crippen LogP contribution in [-0.4, -0.2) is 21.0 Å².